The molecule has 0 atom stereocenters. The molecule has 1 aromatic rings. The highest BCUT2D eigenvalue weighted by molar-refractivity contribution is 7.89. The first-order valence-electron chi connectivity index (χ1n) is 5.25. The second-order valence-corrected chi connectivity index (χ2v) is 5.59. The fraction of sp³-hybridized carbons (Fsp3) is 0.455. The monoisotopic (exact) mass is 242 g/mol. The second-order valence-electron chi connectivity index (χ2n) is 3.86. The van der Waals surface area contributed by atoms with Gasteiger partial charge >= 0.3 is 0 Å². The summed E-state index contributed by atoms with van der Waals surface area (Å²) >= 11 is 0. The van der Waals surface area contributed by atoms with Crippen molar-refractivity contribution in [2.24, 2.45) is 0 Å². The second kappa shape index (κ2) is 4.84. The van der Waals surface area contributed by atoms with Crippen molar-refractivity contribution in [3.8, 4) is 0 Å². The van der Waals surface area contributed by atoms with Crippen LogP contribution in [0.5, 0.6) is 0 Å². The zero-order chi connectivity index (χ0) is 12.3. The summed E-state index contributed by atoms with van der Waals surface area (Å²) in [6.07, 6.45) is 0.763. The molecular weight excluding hydrogens is 224 g/mol. The van der Waals surface area contributed by atoms with Gasteiger partial charge in [-0.05, 0) is 43.5 Å². The van der Waals surface area contributed by atoms with Gasteiger partial charge in [0, 0.05) is 12.2 Å². The maximum absolute atomic E-state index is 11.9. The smallest absolute Gasteiger partial charge is 0.240 e. The van der Waals surface area contributed by atoms with Crippen molar-refractivity contribution in [2.45, 2.75) is 32.1 Å². The average Bonchev–Trinajstić information content (AvgIpc) is 2.20. The topological polar surface area (TPSA) is 72.2 Å². The van der Waals surface area contributed by atoms with E-state index in [0.29, 0.717) is 12.2 Å². The van der Waals surface area contributed by atoms with Crippen LogP contribution in [0.1, 0.15) is 24.5 Å². The Labute approximate surface area is 96.9 Å². The van der Waals surface area contributed by atoms with E-state index in [4.69, 9.17) is 5.73 Å². The maximum atomic E-state index is 11.9. The summed E-state index contributed by atoms with van der Waals surface area (Å²) in [5, 5.41) is 0. The molecule has 1 rings (SSSR count). The normalized spacial score (nSPS) is 11.7. The lowest BCUT2D eigenvalue weighted by atomic mass is 10.1. The molecule has 90 valence electrons. The minimum atomic E-state index is -3.43. The van der Waals surface area contributed by atoms with E-state index in [1.807, 2.05) is 13.8 Å². The van der Waals surface area contributed by atoms with Gasteiger partial charge in [0.15, 0.2) is 0 Å². The number of nitrogen functional groups attached to an aromatic ring is 1. The van der Waals surface area contributed by atoms with E-state index in [1.54, 1.807) is 13.0 Å². The van der Waals surface area contributed by atoms with Crippen LogP contribution in [0.2, 0.25) is 0 Å². The molecular formula is C11H18N2O2S. The van der Waals surface area contributed by atoms with Gasteiger partial charge in [-0.25, -0.2) is 13.1 Å². The molecule has 0 radical (unpaired) electrons. The van der Waals surface area contributed by atoms with Gasteiger partial charge in [-0.15, -0.1) is 0 Å². The van der Waals surface area contributed by atoms with Gasteiger partial charge in [0.25, 0.3) is 0 Å². The number of hydrogen-bond acceptors (Lipinski definition) is 3. The molecule has 3 N–H and O–H groups in total. The highest BCUT2D eigenvalue weighted by Crippen LogP contribution is 2.21. The van der Waals surface area contributed by atoms with Crippen molar-refractivity contribution >= 4 is 15.7 Å². The standard InChI is InChI=1S/C11H18N2O2S/c1-4-5-13-16(14,15)11-7-10(12)6-8(2)9(11)3/h6-7,13H,4-5,12H2,1-3H3. The molecule has 0 aliphatic carbocycles. The number of rotatable bonds is 4. The van der Waals surface area contributed by atoms with Crippen LogP contribution in [0.4, 0.5) is 5.69 Å². The van der Waals surface area contributed by atoms with E-state index < -0.39 is 10.0 Å². The van der Waals surface area contributed by atoms with E-state index in [9.17, 15) is 8.42 Å². The molecule has 0 bridgehead atoms. The molecule has 0 spiro atoms. The molecule has 0 aromatic heterocycles. The zero-order valence-corrected chi connectivity index (χ0v) is 10.7. The summed E-state index contributed by atoms with van der Waals surface area (Å²) in [5.74, 6) is 0. The molecule has 0 amide bonds. The molecule has 0 aliphatic heterocycles. The van der Waals surface area contributed by atoms with Crippen LogP contribution in [0, 0.1) is 13.8 Å². The lowest BCUT2D eigenvalue weighted by Crippen LogP contribution is -2.25. The van der Waals surface area contributed by atoms with Crippen molar-refractivity contribution in [1.29, 1.82) is 0 Å². The first kappa shape index (κ1) is 13.0. The quantitative estimate of drug-likeness (QED) is 0.787. The third kappa shape index (κ3) is 2.74. The van der Waals surface area contributed by atoms with Crippen molar-refractivity contribution in [1.82, 2.24) is 4.72 Å². The number of sulfonamides is 1. The van der Waals surface area contributed by atoms with Crippen LogP contribution in [0.15, 0.2) is 17.0 Å². The molecule has 0 fully saturated rings. The number of benzene rings is 1. The molecule has 0 unspecified atom stereocenters. The van der Waals surface area contributed by atoms with Crippen LogP contribution in [-0.4, -0.2) is 15.0 Å². The molecule has 5 heteroatoms. The van der Waals surface area contributed by atoms with E-state index in [-0.39, 0.29) is 4.90 Å². The Morgan fingerprint density at radius 3 is 2.50 bits per heavy atom. The summed E-state index contributed by atoms with van der Waals surface area (Å²) in [4.78, 5) is 0.276. The number of nitrogens with one attached hydrogen (secondary N) is 1. The summed E-state index contributed by atoms with van der Waals surface area (Å²) in [5.41, 5.74) is 7.77. The highest BCUT2D eigenvalue weighted by Gasteiger charge is 2.17. The summed E-state index contributed by atoms with van der Waals surface area (Å²) < 4.78 is 26.4. The van der Waals surface area contributed by atoms with Crippen molar-refractivity contribution < 1.29 is 8.42 Å². The minimum absolute atomic E-state index is 0.276. The third-order valence-electron chi connectivity index (χ3n) is 2.47. The van der Waals surface area contributed by atoms with Gasteiger partial charge in [0.1, 0.15) is 0 Å². The lowest BCUT2D eigenvalue weighted by Gasteiger charge is -2.11. The molecule has 0 saturated carbocycles. The number of nitrogens with two attached hydrogens (primary N) is 1. The molecule has 16 heavy (non-hydrogen) atoms. The third-order valence-corrected chi connectivity index (χ3v) is 4.06. The van der Waals surface area contributed by atoms with Crippen molar-refractivity contribution in [3.63, 3.8) is 0 Å². The highest BCUT2D eigenvalue weighted by atomic mass is 32.2. The first-order valence-corrected chi connectivity index (χ1v) is 6.73. The molecule has 0 aliphatic rings. The summed E-state index contributed by atoms with van der Waals surface area (Å²) in [7, 11) is -3.43. The minimum Gasteiger partial charge on any atom is -0.399 e. The van der Waals surface area contributed by atoms with E-state index >= 15 is 0 Å². The fourth-order valence-electron chi connectivity index (χ4n) is 1.45. The van der Waals surface area contributed by atoms with E-state index in [1.165, 1.54) is 6.07 Å². The molecule has 0 saturated heterocycles. The Kier molecular flexibility index (Phi) is 3.93. The Balaban J connectivity index is 3.22. The zero-order valence-electron chi connectivity index (χ0n) is 9.87. The lowest BCUT2D eigenvalue weighted by molar-refractivity contribution is 0.580. The summed E-state index contributed by atoms with van der Waals surface area (Å²) in [6.45, 7) is 6.00. The predicted molar refractivity (Wildman–Crippen MR) is 65.8 cm³/mol. The van der Waals surface area contributed by atoms with Gasteiger partial charge in [-0.1, -0.05) is 6.92 Å². The van der Waals surface area contributed by atoms with Crippen molar-refractivity contribution in [2.75, 3.05) is 12.3 Å². The van der Waals surface area contributed by atoms with E-state index in [2.05, 4.69) is 4.72 Å². The maximum Gasteiger partial charge on any atom is 0.240 e. The van der Waals surface area contributed by atoms with Crippen LogP contribution in [-0.2, 0) is 10.0 Å². The first-order chi connectivity index (χ1) is 7.38. The molecule has 0 heterocycles. The van der Waals surface area contributed by atoms with Gasteiger partial charge < -0.3 is 5.73 Å². The summed E-state index contributed by atoms with van der Waals surface area (Å²) in [6, 6.07) is 3.27. The Morgan fingerprint density at radius 2 is 1.94 bits per heavy atom. The van der Waals surface area contributed by atoms with Gasteiger partial charge in [0.2, 0.25) is 10.0 Å². The molecule has 1 aromatic carbocycles. The van der Waals surface area contributed by atoms with Gasteiger partial charge in [-0.3, -0.25) is 0 Å². The van der Waals surface area contributed by atoms with Gasteiger partial charge in [-0.2, -0.15) is 0 Å². The Morgan fingerprint density at radius 1 is 1.31 bits per heavy atom. The Hall–Kier alpha value is -1.07. The largest absolute Gasteiger partial charge is 0.399 e. The molecule has 4 nitrogen and oxygen atoms in total. The van der Waals surface area contributed by atoms with Crippen LogP contribution in [0.3, 0.4) is 0 Å². The predicted octanol–water partition coefficient (Wildman–Crippen LogP) is 1.57. The van der Waals surface area contributed by atoms with E-state index in [0.717, 1.165) is 17.5 Å². The van der Waals surface area contributed by atoms with Crippen LogP contribution >= 0.6 is 0 Å². The number of hydrogen-bond donors (Lipinski definition) is 2. The number of anilines is 1. The SMILES string of the molecule is CCCNS(=O)(=O)c1cc(N)cc(C)c1C. The number of aryl methyl sites for hydroxylation is 1. The van der Waals surface area contributed by atoms with Crippen LogP contribution < -0.4 is 10.5 Å². The van der Waals surface area contributed by atoms with Gasteiger partial charge in [0.05, 0.1) is 4.90 Å². The van der Waals surface area contributed by atoms with Crippen molar-refractivity contribution in [3.05, 3.63) is 23.3 Å². The average molecular weight is 242 g/mol. The van der Waals surface area contributed by atoms with Crippen LogP contribution in [0.25, 0.3) is 0 Å². The Bertz CT molecular complexity index is 481. The fourth-order valence-corrected chi connectivity index (χ4v) is 2.93.